The van der Waals surface area contributed by atoms with Crippen molar-refractivity contribution in [1.29, 1.82) is 0 Å². The molecule has 3 fully saturated rings. The van der Waals surface area contributed by atoms with Crippen LogP contribution in [0.5, 0.6) is 5.75 Å². The van der Waals surface area contributed by atoms with E-state index in [4.69, 9.17) is 33.2 Å². The van der Waals surface area contributed by atoms with Gasteiger partial charge in [0.15, 0.2) is 18.3 Å². The zero-order valence-corrected chi connectivity index (χ0v) is 47.2. The maximum atomic E-state index is 14.9. The Morgan fingerprint density at radius 2 is 1.60 bits per heavy atom. The smallest absolute Gasteiger partial charge is 0.311 e. The van der Waals surface area contributed by atoms with Crippen molar-refractivity contribution in [3.63, 3.8) is 0 Å². The van der Waals surface area contributed by atoms with Crippen molar-refractivity contribution < 1.29 is 73.0 Å². The molecule has 3 aliphatic rings. The van der Waals surface area contributed by atoms with Crippen molar-refractivity contribution in [2.45, 2.75) is 204 Å². The van der Waals surface area contributed by atoms with E-state index in [2.05, 4.69) is 10.3 Å². The number of aliphatic hydroxyl groups is 5. The SMILES string of the molecule is CC[C@H]1OC(=O)[C@H](C)[C@@H](O[C@H]2C[C@@](C)(OC)[C@@H](O)[C@H](C)O2)[C@H](C)[C@@H](O[C@@H]2O[C@H](C)C[C@H](N(C)CCc3cn([C@@H](CF)[C@H](OC)c4ccc(-c5c(O)c(=O)c5=O)cc4)nn3)[C@H]2O)[C@](C)(O)C[C@@H](C)CN(C)[C@H](C)[C@@H](O)[C@]1(C)O. The van der Waals surface area contributed by atoms with Crippen LogP contribution in [0.1, 0.15) is 118 Å². The summed E-state index contributed by atoms with van der Waals surface area (Å²) in [6, 6.07) is 4.27. The zero-order chi connectivity index (χ0) is 57.2. The van der Waals surface area contributed by atoms with E-state index in [-0.39, 0.29) is 30.7 Å². The highest BCUT2D eigenvalue weighted by Gasteiger charge is 2.53. The highest BCUT2D eigenvalue weighted by Crippen LogP contribution is 2.41. The first-order valence-electron chi connectivity index (χ1n) is 26.9. The highest BCUT2D eigenvalue weighted by atomic mass is 19.1. The van der Waals surface area contributed by atoms with Gasteiger partial charge in [-0.2, -0.15) is 0 Å². The molecule has 0 saturated carbocycles. The average molecular weight is 1090 g/mol. The van der Waals surface area contributed by atoms with Crippen molar-refractivity contribution in [2.24, 2.45) is 17.8 Å². The Hall–Kier alpha value is -3.88. The first kappa shape index (κ1) is 62.3. The molecule has 6 N–H and O–H groups in total. The second kappa shape index (κ2) is 25.3. The van der Waals surface area contributed by atoms with Crippen LogP contribution in [0.25, 0.3) is 11.1 Å². The van der Waals surface area contributed by atoms with Crippen LogP contribution < -0.4 is 10.9 Å². The Morgan fingerprint density at radius 3 is 2.19 bits per heavy atom. The Bertz CT molecular complexity index is 2470. The van der Waals surface area contributed by atoms with Crippen LogP contribution in [0, 0.1) is 17.8 Å². The van der Waals surface area contributed by atoms with E-state index in [0.29, 0.717) is 42.8 Å². The summed E-state index contributed by atoms with van der Waals surface area (Å²) in [5.41, 5.74) is -5.02. The second-order valence-corrected chi connectivity index (χ2v) is 23.0. The molecule has 2 aromatic carbocycles. The summed E-state index contributed by atoms with van der Waals surface area (Å²) in [7, 11) is 6.57. The molecular weight excluding hydrogens is 1010 g/mol. The van der Waals surface area contributed by atoms with Crippen LogP contribution in [-0.2, 0) is 44.4 Å². The van der Waals surface area contributed by atoms with Gasteiger partial charge in [-0.25, -0.2) is 9.07 Å². The molecule has 434 valence electrons. The molecule has 0 bridgehead atoms. The Labute approximate surface area is 451 Å². The van der Waals surface area contributed by atoms with Gasteiger partial charge in [0.05, 0.1) is 52.8 Å². The fourth-order valence-electron chi connectivity index (χ4n) is 12.0. The van der Waals surface area contributed by atoms with Crippen LogP contribution in [0.3, 0.4) is 0 Å². The lowest BCUT2D eigenvalue weighted by Crippen LogP contribution is -2.61. The van der Waals surface area contributed by atoms with E-state index in [9.17, 15) is 49.4 Å². The number of esters is 1. The molecule has 6 rings (SSSR count). The van der Waals surface area contributed by atoms with Crippen LogP contribution in [0.15, 0.2) is 40.1 Å². The number of hydrogen-bond acceptors (Lipinski definition) is 20. The maximum Gasteiger partial charge on any atom is 0.311 e. The number of aliphatic hydroxyl groups excluding tert-OH is 3. The molecule has 0 unspecified atom stereocenters. The molecule has 21 nitrogen and oxygen atoms in total. The van der Waals surface area contributed by atoms with Crippen LogP contribution >= 0.6 is 0 Å². The van der Waals surface area contributed by atoms with E-state index in [0.717, 1.165) is 0 Å². The van der Waals surface area contributed by atoms with E-state index < -0.39 is 144 Å². The fraction of sp³-hybridized carbons (Fsp3) is 0.764. The number of nitrogens with zero attached hydrogens (tertiary/aromatic N) is 5. The van der Waals surface area contributed by atoms with E-state index in [1.807, 2.05) is 37.7 Å². The van der Waals surface area contributed by atoms with Crippen LogP contribution in [0.2, 0.25) is 0 Å². The first-order valence-corrected chi connectivity index (χ1v) is 26.9. The van der Waals surface area contributed by atoms with Crippen molar-refractivity contribution in [3.05, 3.63) is 62.2 Å². The van der Waals surface area contributed by atoms with Gasteiger partial charge >= 0.3 is 5.97 Å². The van der Waals surface area contributed by atoms with Gasteiger partial charge in [0, 0.05) is 64.3 Å². The summed E-state index contributed by atoms with van der Waals surface area (Å²) < 4.78 is 60.2. The minimum absolute atomic E-state index is 0.0644. The molecule has 3 aromatic rings. The maximum absolute atomic E-state index is 14.9. The average Bonchev–Trinajstić information content (AvgIpc) is 3.87. The number of cyclic esters (lactones) is 1. The summed E-state index contributed by atoms with van der Waals surface area (Å²) in [5.74, 6) is -3.57. The number of hydrogen-bond donors (Lipinski definition) is 6. The summed E-state index contributed by atoms with van der Waals surface area (Å²) in [5, 5.41) is 78.3. The molecule has 0 radical (unpaired) electrons. The molecule has 3 aliphatic heterocycles. The Balaban J connectivity index is 1.25. The number of ether oxygens (including phenoxy) is 7. The highest BCUT2D eigenvalue weighted by molar-refractivity contribution is 5.74. The third-order valence-electron chi connectivity index (χ3n) is 16.9. The third kappa shape index (κ3) is 13.3. The van der Waals surface area contributed by atoms with Gasteiger partial charge < -0.3 is 73.6 Å². The Kier molecular flexibility index (Phi) is 20.5. The van der Waals surface area contributed by atoms with Gasteiger partial charge in [0.2, 0.25) is 5.43 Å². The predicted molar refractivity (Wildman–Crippen MR) is 280 cm³/mol. The van der Waals surface area contributed by atoms with Crippen molar-refractivity contribution in [1.82, 2.24) is 24.8 Å². The predicted octanol–water partition coefficient (Wildman–Crippen LogP) is 2.97. The lowest BCUT2D eigenvalue weighted by molar-refractivity contribution is -0.318. The first-order chi connectivity index (χ1) is 36.0. The molecule has 20 atom stereocenters. The van der Waals surface area contributed by atoms with Crippen molar-refractivity contribution in [3.8, 4) is 16.9 Å². The molecule has 77 heavy (non-hydrogen) atoms. The summed E-state index contributed by atoms with van der Waals surface area (Å²) >= 11 is 0. The number of likely N-dealkylation sites (N-methyl/N-ethyl adjacent to an activating group) is 2. The summed E-state index contributed by atoms with van der Waals surface area (Å²) in [4.78, 5) is 42.0. The van der Waals surface area contributed by atoms with Gasteiger partial charge in [-0.3, -0.25) is 14.4 Å². The van der Waals surface area contributed by atoms with E-state index in [1.165, 1.54) is 25.8 Å². The van der Waals surface area contributed by atoms with Crippen LogP contribution in [0.4, 0.5) is 4.39 Å². The van der Waals surface area contributed by atoms with E-state index in [1.54, 1.807) is 78.9 Å². The molecule has 22 heteroatoms. The minimum Gasteiger partial charge on any atom is -0.503 e. The number of rotatable bonds is 16. The van der Waals surface area contributed by atoms with Gasteiger partial charge in [0.25, 0.3) is 5.43 Å². The molecule has 0 aliphatic carbocycles. The fourth-order valence-corrected chi connectivity index (χ4v) is 12.0. The number of alkyl halides is 1. The largest absolute Gasteiger partial charge is 0.503 e. The number of aromatic nitrogens is 3. The quantitative estimate of drug-likeness (QED) is 0.0889. The molecule has 0 amide bonds. The number of halogens is 1. The molecule has 4 heterocycles. The van der Waals surface area contributed by atoms with Gasteiger partial charge in [-0.1, -0.05) is 50.3 Å². The molecule has 1 aromatic heterocycles. The molecule has 0 spiro atoms. The van der Waals surface area contributed by atoms with Gasteiger partial charge in [-0.05, 0) is 98.9 Å². The van der Waals surface area contributed by atoms with Gasteiger partial charge in [0.1, 0.15) is 48.8 Å². The van der Waals surface area contributed by atoms with Crippen molar-refractivity contribution >= 4 is 5.97 Å². The summed E-state index contributed by atoms with van der Waals surface area (Å²) in [6.45, 7) is 17.1. The Morgan fingerprint density at radius 1 is 0.935 bits per heavy atom. The topological polar surface area (TPSA) is 274 Å². The lowest BCUT2D eigenvalue weighted by Gasteiger charge is -2.49. The number of carbonyl (C=O) groups is 1. The number of aromatic hydroxyl groups is 1. The van der Waals surface area contributed by atoms with Gasteiger partial charge in [-0.15, -0.1) is 5.10 Å². The number of methoxy groups -OCH3 is 2. The third-order valence-corrected chi connectivity index (χ3v) is 16.9. The van der Waals surface area contributed by atoms with Crippen LogP contribution in [-0.4, -0.2) is 200 Å². The zero-order valence-electron chi connectivity index (χ0n) is 47.2. The summed E-state index contributed by atoms with van der Waals surface area (Å²) in [6.07, 6.45) is -8.69. The monoisotopic (exact) mass is 1090 g/mol. The van der Waals surface area contributed by atoms with Crippen molar-refractivity contribution in [2.75, 3.05) is 48.1 Å². The molecular formula is C55H86FN5O16. The number of benzene rings is 1. The second-order valence-electron chi connectivity index (χ2n) is 23.0. The normalized spacial score (nSPS) is 38.2. The minimum atomic E-state index is -1.87. The lowest BCUT2D eigenvalue weighted by atomic mass is 9.77. The van der Waals surface area contributed by atoms with E-state index >= 15 is 0 Å². The standard InChI is InChI=1S/C55H86FN5O16/c1-15-39-55(10,70)48(66)32(6)60(12)26-28(2)23-53(8,69)50(30(4)46(31(5)51(68)75-39)76-40-24-54(9,72-14)49(67)33(7)74-40)77-52-42(62)37(22-29(3)73-52)59(11)21-20-36-27-61(58-57-36)38(25-56)47(71-13)35-18-16-34(17-19-35)41-43(63)45(65)44(41)64/h16-19,27-33,37-40,42,46-50,52,62-63,66-67,69-70H,15,20-26H2,1-14H3/t28-,29-,30+,31-,32-,33+,37+,38+,39-,40+,42-,46+,47-,48-,49+,50-,52+,53-,54-,55-/m1/s1. The molecule has 3 saturated heterocycles. The number of carbonyl (C=O) groups excluding carboxylic acids is 1.